The van der Waals surface area contributed by atoms with Gasteiger partial charge in [0.1, 0.15) is 0 Å². The molecule has 1 saturated heterocycles. The summed E-state index contributed by atoms with van der Waals surface area (Å²) in [5.74, 6) is 0. The minimum Gasteiger partial charge on any atom is -0.382 e. The van der Waals surface area contributed by atoms with Gasteiger partial charge in [0.05, 0.1) is 4.90 Å². The van der Waals surface area contributed by atoms with Gasteiger partial charge in [-0.2, -0.15) is 0 Å². The molecule has 1 aromatic rings. The molecule has 0 amide bonds. The maximum atomic E-state index is 11.5. The van der Waals surface area contributed by atoms with E-state index in [2.05, 4.69) is 17.6 Å². The van der Waals surface area contributed by atoms with Crippen LogP contribution in [0.3, 0.4) is 0 Å². The maximum Gasteiger partial charge on any atom is 0.175 e. The van der Waals surface area contributed by atoms with Crippen LogP contribution in [0.25, 0.3) is 0 Å². The van der Waals surface area contributed by atoms with Crippen molar-refractivity contribution in [2.75, 3.05) is 18.1 Å². The zero-order valence-electron chi connectivity index (χ0n) is 12.2. The maximum absolute atomic E-state index is 11.5. The number of piperidine rings is 1. The van der Waals surface area contributed by atoms with Crippen LogP contribution in [0, 0.1) is 0 Å². The minimum atomic E-state index is -3.14. The Labute approximate surface area is 121 Å². The standard InChI is InChI=1S/C15H24N2O2S/c1-12(10-13-6-3-4-9-16-13)17-14-7-5-8-15(11-14)20(2,18)19/h5,7-8,11-13,16-17H,3-4,6,9-10H2,1-2H3. The van der Waals surface area contributed by atoms with Gasteiger partial charge in [-0.25, -0.2) is 8.42 Å². The van der Waals surface area contributed by atoms with Gasteiger partial charge < -0.3 is 10.6 Å². The molecule has 1 aliphatic rings. The van der Waals surface area contributed by atoms with Crippen molar-refractivity contribution in [3.8, 4) is 0 Å². The third-order valence-electron chi connectivity index (χ3n) is 3.73. The van der Waals surface area contributed by atoms with E-state index in [0.29, 0.717) is 17.0 Å². The molecule has 112 valence electrons. The molecule has 1 aliphatic heterocycles. The molecule has 1 aromatic carbocycles. The van der Waals surface area contributed by atoms with Crippen LogP contribution in [-0.4, -0.2) is 33.3 Å². The highest BCUT2D eigenvalue weighted by Gasteiger charge is 2.16. The Morgan fingerprint density at radius 2 is 2.20 bits per heavy atom. The zero-order chi connectivity index (χ0) is 14.6. The fraction of sp³-hybridized carbons (Fsp3) is 0.600. The lowest BCUT2D eigenvalue weighted by atomic mass is 9.99. The molecule has 0 bridgehead atoms. The van der Waals surface area contributed by atoms with Gasteiger partial charge in [0.15, 0.2) is 9.84 Å². The second-order valence-corrected chi connectivity index (χ2v) is 7.74. The number of anilines is 1. The molecule has 0 aromatic heterocycles. The highest BCUT2D eigenvalue weighted by atomic mass is 32.2. The molecule has 2 rings (SSSR count). The van der Waals surface area contributed by atoms with Crippen molar-refractivity contribution in [1.29, 1.82) is 0 Å². The van der Waals surface area contributed by atoms with Crippen LogP contribution in [0.4, 0.5) is 5.69 Å². The van der Waals surface area contributed by atoms with Gasteiger partial charge in [-0.3, -0.25) is 0 Å². The number of nitrogens with one attached hydrogen (secondary N) is 2. The molecule has 0 radical (unpaired) electrons. The monoisotopic (exact) mass is 296 g/mol. The Kier molecular flexibility index (Phi) is 5.05. The number of rotatable bonds is 5. The van der Waals surface area contributed by atoms with Crippen molar-refractivity contribution in [3.05, 3.63) is 24.3 Å². The van der Waals surface area contributed by atoms with Crippen LogP contribution < -0.4 is 10.6 Å². The van der Waals surface area contributed by atoms with E-state index in [1.54, 1.807) is 18.2 Å². The number of benzene rings is 1. The quantitative estimate of drug-likeness (QED) is 0.876. The first-order valence-electron chi connectivity index (χ1n) is 7.25. The summed E-state index contributed by atoms with van der Waals surface area (Å²) in [6, 6.07) is 7.93. The first-order chi connectivity index (χ1) is 9.45. The Bertz CT molecular complexity index is 537. The van der Waals surface area contributed by atoms with Crippen molar-refractivity contribution in [1.82, 2.24) is 5.32 Å². The van der Waals surface area contributed by atoms with Crippen molar-refractivity contribution >= 4 is 15.5 Å². The molecule has 0 saturated carbocycles. The molecule has 4 nitrogen and oxygen atoms in total. The van der Waals surface area contributed by atoms with Gasteiger partial charge in [0.25, 0.3) is 0 Å². The number of sulfone groups is 1. The summed E-state index contributed by atoms with van der Waals surface area (Å²) >= 11 is 0. The summed E-state index contributed by atoms with van der Waals surface area (Å²) < 4.78 is 23.1. The van der Waals surface area contributed by atoms with E-state index in [1.807, 2.05) is 6.07 Å². The third-order valence-corrected chi connectivity index (χ3v) is 4.84. The van der Waals surface area contributed by atoms with Gasteiger partial charge in [0, 0.05) is 24.0 Å². The van der Waals surface area contributed by atoms with Gasteiger partial charge >= 0.3 is 0 Å². The summed E-state index contributed by atoms with van der Waals surface area (Å²) in [6.45, 7) is 3.25. The highest BCUT2D eigenvalue weighted by molar-refractivity contribution is 7.90. The second-order valence-electron chi connectivity index (χ2n) is 5.73. The Morgan fingerprint density at radius 1 is 1.40 bits per heavy atom. The van der Waals surface area contributed by atoms with Crippen LogP contribution in [0.2, 0.25) is 0 Å². The number of hydrogen-bond donors (Lipinski definition) is 2. The van der Waals surface area contributed by atoms with Crippen LogP contribution in [-0.2, 0) is 9.84 Å². The van der Waals surface area contributed by atoms with Crippen molar-refractivity contribution < 1.29 is 8.42 Å². The average molecular weight is 296 g/mol. The Morgan fingerprint density at radius 3 is 2.85 bits per heavy atom. The molecule has 2 N–H and O–H groups in total. The molecular formula is C15H24N2O2S. The summed E-state index contributed by atoms with van der Waals surface area (Å²) in [5.41, 5.74) is 0.872. The molecule has 2 atom stereocenters. The zero-order valence-corrected chi connectivity index (χ0v) is 13.0. The molecule has 5 heteroatoms. The molecule has 0 spiro atoms. The van der Waals surface area contributed by atoms with E-state index >= 15 is 0 Å². The summed E-state index contributed by atoms with van der Waals surface area (Å²) in [5, 5.41) is 6.93. The van der Waals surface area contributed by atoms with E-state index in [4.69, 9.17) is 0 Å². The van der Waals surface area contributed by atoms with Crippen molar-refractivity contribution in [3.63, 3.8) is 0 Å². The molecule has 1 fully saturated rings. The largest absolute Gasteiger partial charge is 0.382 e. The fourth-order valence-electron chi connectivity index (χ4n) is 2.71. The lowest BCUT2D eigenvalue weighted by Gasteiger charge is -2.27. The molecule has 2 unspecified atom stereocenters. The van der Waals surface area contributed by atoms with Gasteiger partial charge in [-0.1, -0.05) is 12.5 Å². The van der Waals surface area contributed by atoms with E-state index in [9.17, 15) is 8.42 Å². The van der Waals surface area contributed by atoms with Gasteiger partial charge in [-0.15, -0.1) is 0 Å². The van der Waals surface area contributed by atoms with Crippen molar-refractivity contribution in [2.45, 2.75) is 49.6 Å². The normalized spacial score (nSPS) is 21.4. The highest BCUT2D eigenvalue weighted by Crippen LogP contribution is 2.18. The lowest BCUT2D eigenvalue weighted by molar-refractivity contribution is 0.371. The molecule has 0 aliphatic carbocycles. The second kappa shape index (κ2) is 6.59. The van der Waals surface area contributed by atoms with Crippen LogP contribution in [0.1, 0.15) is 32.6 Å². The molecular weight excluding hydrogens is 272 g/mol. The Balaban J connectivity index is 1.95. The van der Waals surface area contributed by atoms with E-state index in [-0.39, 0.29) is 0 Å². The average Bonchev–Trinajstić information content (AvgIpc) is 2.39. The SMILES string of the molecule is CC(CC1CCCCN1)Nc1cccc(S(C)(=O)=O)c1. The lowest BCUT2D eigenvalue weighted by Crippen LogP contribution is -2.37. The summed E-state index contributed by atoms with van der Waals surface area (Å²) in [6.07, 6.45) is 6.10. The van der Waals surface area contributed by atoms with Gasteiger partial charge in [0.2, 0.25) is 0 Å². The molecule has 20 heavy (non-hydrogen) atoms. The van der Waals surface area contributed by atoms with Crippen LogP contribution in [0.5, 0.6) is 0 Å². The molecule has 1 heterocycles. The smallest absolute Gasteiger partial charge is 0.175 e. The topological polar surface area (TPSA) is 58.2 Å². The summed E-state index contributed by atoms with van der Waals surface area (Å²) in [7, 11) is -3.14. The Hall–Kier alpha value is -1.07. The van der Waals surface area contributed by atoms with Crippen LogP contribution >= 0.6 is 0 Å². The predicted octanol–water partition coefficient (Wildman–Crippen LogP) is 2.42. The minimum absolute atomic E-state index is 0.320. The first kappa shape index (κ1) is 15.3. The predicted molar refractivity (Wildman–Crippen MR) is 82.9 cm³/mol. The first-order valence-corrected chi connectivity index (χ1v) is 9.14. The van der Waals surface area contributed by atoms with Crippen molar-refractivity contribution in [2.24, 2.45) is 0 Å². The fourth-order valence-corrected chi connectivity index (χ4v) is 3.38. The van der Waals surface area contributed by atoms with E-state index in [1.165, 1.54) is 25.5 Å². The van der Waals surface area contributed by atoms with Gasteiger partial charge in [-0.05, 0) is 50.9 Å². The third kappa shape index (κ3) is 4.49. The summed E-state index contributed by atoms with van der Waals surface area (Å²) in [4.78, 5) is 0.366. The number of hydrogen-bond acceptors (Lipinski definition) is 4. The van der Waals surface area contributed by atoms with E-state index < -0.39 is 9.84 Å². The van der Waals surface area contributed by atoms with E-state index in [0.717, 1.165) is 18.7 Å². The van der Waals surface area contributed by atoms with Crippen LogP contribution in [0.15, 0.2) is 29.2 Å².